The second-order valence-corrected chi connectivity index (χ2v) is 8.44. The molecule has 1 aromatic heterocycles. The molecule has 1 aromatic rings. The van der Waals surface area contributed by atoms with Gasteiger partial charge in [-0.3, -0.25) is 9.48 Å². The predicted molar refractivity (Wildman–Crippen MR) is 80.6 cm³/mol. The summed E-state index contributed by atoms with van der Waals surface area (Å²) in [4.78, 5) is 13.6. The lowest BCUT2D eigenvalue weighted by Gasteiger charge is -2.16. The minimum absolute atomic E-state index is 0.00804. The standard InChI is InChI=1S/C13H20ClN3O3S/c1-10-6-11(2)17(15-10)5-3-4-16-8-12(7-13(16)18)9-21(14,19)20/h6,12H,3-5,7-9H2,1-2H3. The summed E-state index contributed by atoms with van der Waals surface area (Å²) >= 11 is 0. The summed E-state index contributed by atoms with van der Waals surface area (Å²) in [5, 5.41) is 4.37. The minimum atomic E-state index is -3.54. The molecule has 118 valence electrons. The van der Waals surface area contributed by atoms with Gasteiger partial charge in [0.2, 0.25) is 15.0 Å². The number of hydrogen-bond acceptors (Lipinski definition) is 4. The summed E-state index contributed by atoms with van der Waals surface area (Å²) in [7, 11) is 1.70. The molecule has 1 aliphatic heterocycles. The molecule has 21 heavy (non-hydrogen) atoms. The van der Waals surface area contributed by atoms with Gasteiger partial charge in [-0.05, 0) is 26.3 Å². The Balaban J connectivity index is 1.81. The van der Waals surface area contributed by atoms with Gasteiger partial charge in [0.1, 0.15) is 0 Å². The molecular formula is C13H20ClN3O3S. The molecule has 1 fully saturated rings. The van der Waals surface area contributed by atoms with Gasteiger partial charge in [0, 0.05) is 48.3 Å². The van der Waals surface area contributed by atoms with E-state index in [9.17, 15) is 13.2 Å². The van der Waals surface area contributed by atoms with E-state index in [1.165, 1.54) is 0 Å². The first kappa shape index (κ1) is 16.3. The highest BCUT2D eigenvalue weighted by Gasteiger charge is 2.31. The van der Waals surface area contributed by atoms with E-state index in [1.807, 2.05) is 24.6 Å². The molecule has 0 saturated carbocycles. The highest BCUT2D eigenvalue weighted by Crippen LogP contribution is 2.21. The highest BCUT2D eigenvalue weighted by molar-refractivity contribution is 8.13. The van der Waals surface area contributed by atoms with E-state index in [0.29, 0.717) is 13.1 Å². The van der Waals surface area contributed by atoms with Crippen molar-refractivity contribution in [3.8, 4) is 0 Å². The third-order valence-corrected chi connectivity index (χ3v) is 4.88. The number of aromatic nitrogens is 2. The Hall–Kier alpha value is -1.08. The molecule has 2 rings (SSSR count). The predicted octanol–water partition coefficient (Wildman–Crippen LogP) is 1.31. The molecular weight excluding hydrogens is 314 g/mol. The second kappa shape index (κ2) is 6.36. The molecule has 0 N–H and O–H groups in total. The molecule has 8 heteroatoms. The first-order valence-electron chi connectivity index (χ1n) is 6.96. The third kappa shape index (κ3) is 4.71. The Morgan fingerprint density at radius 1 is 1.38 bits per heavy atom. The summed E-state index contributed by atoms with van der Waals surface area (Å²) < 4.78 is 24.1. The van der Waals surface area contributed by atoms with Gasteiger partial charge in [-0.1, -0.05) is 0 Å². The Bertz CT molecular complexity index is 627. The Labute approximate surface area is 129 Å². The zero-order valence-corrected chi connectivity index (χ0v) is 13.8. The Kier molecular flexibility index (Phi) is 4.93. The van der Waals surface area contributed by atoms with Crippen molar-refractivity contribution in [2.75, 3.05) is 18.8 Å². The van der Waals surface area contributed by atoms with Gasteiger partial charge < -0.3 is 4.90 Å². The summed E-state index contributed by atoms with van der Waals surface area (Å²) in [6.07, 6.45) is 1.07. The molecule has 2 heterocycles. The van der Waals surface area contributed by atoms with Gasteiger partial charge in [-0.15, -0.1) is 0 Å². The van der Waals surface area contributed by atoms with E-state index < -0.39 is 9.05 Å². The van der Waals surface area contributed by atoms with Crippen LogP contribution in [0.3, 0.4) is 0 Å². The molecule has 0 bridgehead atoms. The smallest absolute Gasteiger partial charge is 0.232 e. The lowest BCUT2D eigenvalue weighted by molar-refractivity contribution is -0.127. The van der Waals surface area contributed by atoms with Crippen LogP contribution in [0.25, 0.3) is 0 Å². The fourth-order valence-electron chi connectivity index (χ4n) is 2.78. The maximum atomic E-state index is 11.8. The van der Waals surface area contributed by atoms with Crippen LogP contribution in [0.5, 0.6) is 0 Å². The van der Waals surface area contributed by atoms with E-state index in [1.54, 1.807) is 4.90 Å². The second-order valence-electron chi connectivity index (χ2n) is 5.62. The van der Waals surface area contributed by atoms with Crippen molar-refractivity contribution in [3.63, 3.8) is 0 Å². The van der Waals surface area contributed by atoms with Crippen LogP contribution in [0.2, 0.25) is 0 Å². The molecule has 1 atom stereocenters. The number of amides is 1. The first-order chi connectivity index (χ1) is 9.74. The van der Waals surface area contributed by atoms with Crippen LogP contribution in [0, 0.1) is 19.8 Å². The Morgan fingerprint density at radius 2 is 2.10 bits per heavy atom. The van der Waals surface area contributed by atoms with Gasteiger partial charge in [-0.2, -0.15) is 5.10 Å². The summed E-state index contributed by atoms with van der Waals surface area (Å²) in [5.41, 5.74) is 2.09. The van der Waals surface area contributed by atoms with Gasteiger partial charge in [0.15, 0.2) is 0 Å². The largest absolute Gasteiger partial charge is 0.342 e. The Morgan fingerprint density at radius 3 is 2.67 bits per heavy atom. The van der Waals surface area contributed by atoms with Crippen LogP contribution in [-0.4, -0.2) is 47.8 Å². The van der Waals surface area contributed by atoms with Crippen molar-refractivity contribution in [2.24, 2.45) is 5.92 Å². The molecule has 6 nitrogen and oxygen atoms in total. The average Bonchev–Trinajstić information content (AvgIpc) is 2.80. The van der Waals surface area contributed by atoms with Crippen molar-refractivity contribution in [2.45, 2.75) is 33.2 Å². The lowest BCUT2D eigenvalue weighted by atomic mass is 10.1. The number of nitrogens with zero attached hydrogens (tertiary/aromatic N) is 3. The molecule has 1 aliphatic rings. The summed E-state index contributed by atoms with van der Waals surface area (Å²) in [6.45, 7) is 5.80. The van der Waals surface area contributed by atoms with Crippen LogP contribution in [0.1, 0.15) is 24.2 Å². The molecule has 1 amide bonds. The quantitative estimate of drug-likeness (QED) is 0.736. The fraction of sp³-hybridized carbons (Fsp3) is 0.692. The summed E-state index contributed by atoms with van der Waals surface area (Å²) in [6, 6.07) is 2.02. The number of likely N-dealkylation sites (tertiary alicyclic amines) is 1. The van der Waals surface area contributed by atoms with Crippen LogP contribution in [-0.2, 0) is 20.4 Å². The minimum Gasteiger partial charge on any atom is -0.342 e. The van der Waals surface area contributed by atoms with Crippen LogP contribution in [0.4, 0.5) is 0 Å². The number of hydrogen-bond donors (Lipinski definition) is 0. The van der Waals surface area contributed by atoms with E-state index in [0.717, 1.165) is 24.4 Å². The maximum absolute atomic E-state index is 11.8. The molecule has 0 spiro atoms. The van der Waals surface area contributed by atoms with Crippen molar-refractivity contribution in [1.82, 2.24) is 14.7 Å². The van der Waals surface area contributed by atoms with E-state index in [4.69, 9.17) is 10.7 Å². The van der Waals surface area contributed by atoms with Crippen molar-refractivity contribution >= 4 is 25.6 Å². The zero-order chi connectivity index (χ0) is 15.6. The van der Waals surface area contributed by atoms with Crippen LogP contribution >= 0.6 is 10.7 Å². The average molecular weight is 334 g/mol. The number of halogens is 1. The zero-order valence-electron chi connectivity index (χ0n) is 12.2. The number of carbonyl (C=O) groups excluding carboxylic acids is 1. The SMILES string of the molecule is Cc1cc(C)n(CCCN2CC(CS(=O)(=O)Cl)CC2=O)n1. The molecule has 0 radical (unpaired) electrons. The molecule has 0 aliphatic carbocycles. The topological polar surface area (TPSA) is 72.3 Å². The maximum Gasteiger partial charge on any atom is 0.232 e. The molecule has 1 saturated heterocycles. The number of carbonyl (C=O) groups is 1. The van der Waals surface area contributed by atoms with Crippen molar-refractivity contribution in [3.05, 3.63) is 17.5 Å². The highest BCUT2D eigenvalue weighted by atomic mass is 35.7. The van der Waals surface area contributed by atoms with Crippen LogP contribution in [0.15, 0.2) is 6.07 Å². The van der Waals surface area contributed by atoms with Crippen LogP contribution < -0.4 is 0 Å². The van der Waals surface area contributed by atoms with Gasteiger partial charge in [0.05, 0.1) is 11.4 Å². The monoisotopic (exact) mass is 333 g/mol. The van der Waals surface area contributed by atoms with E-state index in [-0.39, 0.29) is 24.0 Å². The van der Waals surface area contributed by atoms with Gasteiger partial charge in [0.25, 0.3) is 0 Å². The number of aryl methyl sites for hydroxylation is 3. The lowest BCUT2D eigenvalue weighted by Crippen LogP contribution is -2.27. The third-order valence-electron chi connectivity index (χ3n) is 3.63. The van der Waals surface area contributed by atoms with Crippen molar-refractivity contribution in [1.29, 1.82) is 0 Å². The van der Waals surface area contributed by atoms with E-state index >= 15 is 0 Å². The normalized spacial score (nSPS) is 19.5. The molecule has 1 unspecified atom stereocenters. The first-order valence-corrected chi connectivity index (χ1v) is 9.43. The van der Waals surface area contributed by atoms with Gasteiger partial charge in [-0.25, -0.2) is 8.42 Å². The summed E-state index contributed by atoms with van der Waals surface area (Å²) in [5.74, 6) is -0.309. The molecule has 0 aromatic carbocycles. The van der Waals surface area contributed by atoms with Crippen molar-refractivity contribution < 1.29 is 13.2 Å². The van der Waals surface area contributed by atoms with Gasteiger partial charge >= 0.3 is 0 Å². The van der Waals surface area contributed by atoms with E-state index in [2.05, 4.69) is 5.10 Å². The number of rotatable bonds is 6. The fourth-order valence-corrected chi connectivity index (χ4v) is 4.10.